The Bertz CT molecular complexity index is 1170. The first kappa shape index (κ1) is 23.0. The highest BCUT2D eigenvalue weighted by Gasteiger charge is 2.33. The van der Waals surface area contributed by atoms with E-state index in [1.165, 1.54) is 16.5 Å². The summed E-state index contributed by atoms with van der Waals surface area (Å²) >= 11 is 3.27. The van der Waals surface area contributed by atoms with Gasteiger partial charge in [0.1, 0.15) is 16.5 Å². The maximum absolute atomic E-state index is 6.26. The summed E-state index contributed by atoms with van der Waals surface area (Å²) in [4.78, 5) is 20.6. The Hall–Kier alpha value is -1.72. The predicted molar refractivity (Wildman–Crippen MR) is 137 cm³/mol. The molecule has 0 atom stereocenters. The Balaban J connectivity index is 1.71. The predicted octanol–water partition coefficient (Wildman–Crippen LogP) is 3.62. The molecular formula is C23H32N6O2S2. The molecule has 0 aliphatic carbocycles. The van der Waals surface area contributed by atoms with E-state index in [4.69, 9.17) is 24.4 Å². The van der Waals surface area contributed by atoms with Crippen LogP contribution in [0.5, 0.6) is 0 Å². The normalized spacial score (nSPS) is 18.3. The molecule has 1 saturated heterocycles. The highest BCUT2D eigenvalue weighted by Crippen LogP contribution is 2.44. The van der Waals surface area contributed by atoms with Gasteiger partial charge in [-0.2, -0.15) is 0 Å². The highest BCUT2D eigenvalue weighted by molar-refractivity contribution is 7.98. The summed E-state index contributed by atoms with van der Waals surface area (Å²) in [6.45, 7) is 9.84. The monoisotopic (exact) mass is 488 g/mol. The van der Waals surface area contributed by atoms with Crippen molar-refractivity contribution in [2.45, 2.75) is 37.6 Å². The lowest BCUT2D eigenvalue weighted by Gasteiger charge is -2.36. The van der Waals surface area contributed by atoms with Crippen LogP contribution in [0.2, 0.25) is 0 Å². The molecule has 2 aliphatic heterocycles. The zero-order valence-corrected chi connectivity index (χ0v) is 21.7. The van der Waals surface area contributed by atoms with Crippen LogP contribution >= 0.6 is 23.1 Å². The van der Waals surface area contributed by atoms with E-state index in [0.29, 0.717) is 6.61 Å². The lowest BCUT2D eigenvalue weighted by atomic mass is 9.90. The van der Waals surface area contributed by atoms with Crippen LogP contribution in [-0.4, -0.2) is 85.2 Å². The van der Waals surface area contributed by atoms with Crippen molar-refractivity contribution in [2.24, 2.45) is 0 Å². The van der Waals surface area contributed by atoms with Crippen molar-refractivity contribution in [1.82, 2.24) is 19.9 Å². The summed E-state index contributed by atoms with van der Waals surface area (Å²) in [5.74, 6) is 1.95. The van der Waals surface area contributed by atoms with Gasteiger partial charge in [-0.05, 0) is 39.8 Å². The van der Waals surface area contributed by atoms with Crippen molar-refractivity contribution in [3.05, 3.63) is 11.1 Å². The van der Waals surface area contributed by atoms with Crippen molar-refractivity contribution in [3.8, 4) is 0 Å². The van der Waals surface area contributed by atoms with Crippen LogP contribution < -0.4 is 10.2 Å². The molecule has 2 aliphatic rings. The smallest absolute Gasteiger partial charge is 0.189 e. The Labute approximate surface area is 203 Å². The Morgan fingerprint density at radius 3 is 2.67 bits per heavy atom. The summed E-state index contributed by atoms with van der Waals surface area (Å²) in [5.41, 5.74) is 3.32. The SMILES string of the molecule is CSc1nc(NCCN(C)C)c2sc3nc(N4CCOCC4)c4c(c3c2n1)CC(C)(C)OC4. The zero-order chi connectivity index (χ0) is 23.2. The molecular weight excluding hydrogens is 456 g/mol. The van der Waals surface area contributed by atoms with E-state index < -0.39 is 0 Å². The second kappa shape index (κ2) is 9.14. The third-order valence-corrected chi connectivity index (χ3v) is 7.82. The average Bonchev–Trinajstić information content (AvgIpc) is 3.17. The molecule has 0 aromatic carbocycles. The average molecular weight is 489 g/mol. The summed E-state index contributed by atoms with van der Waals surface area (Å²) in [6, 6.07) is 0. The van der Waals surface area contributed by atoms with E-state index in [1.807, 2.05) is 6.26 Å². The van der Waals surface area contributed by atoms with Gasteiger partial charge in [-0.15, -0.1) is 11.3 Å². The van der Waals surface area contributed by atoms with E-state index >= 15 is 0 Å². The highest BCUT2D eigenvalue weighted by atomic mass is 32.2. The third-order valence-electron chi connectivity index (χ3n) is 6.19. The number of morpholine rings is 1. The van der Waals surface area contributed by atoms with Gasteiger partial charge in [-0.25, -0.2) is 15.0 Å². The number of thioether (sulfide) groups is 1. The Morgan fingerprint density at radius 1 is 1.15 bits per heavy atom. The molecule has 0 saturated carbocycles. The number of nitrogens with zero attached hydrogens (tertiary/aromatic N) is 5. The van der Waals surface area contributed by atoms with Crippen molar-refractivity contribution < 1.29 is 9.47 Å². The maximum Gasteiger partial charge on any atom is 0.189 e. The standard InChI is InChI=1S/C23H32N6O2S2/c1-23(2)12-14-15(13-31-23)20(29-8-10-30-11-9-29)27-21-16(14)17-18(33-21)19(24-6-7-28(3)4)26-22(25-17)32-5/h6-13H2,1-5H3,(H,24,25,26). The van der Waals surface area contributed by atoms with E-state index in [2.05, 4.69) is 43.1 Å². The van der Waals surface area contributed by atoms with Crippen molar-refractivity contribution in [1.29, 1.82) is 0 Å². The topological polar surface area (TPSA) is 75.6 Å². The first-order valence-corrected chi connectivity index (χ1v) is 13.5. The zero-order valence-electron chi connectivity index (χ0n) is 20.0. The van der Waals surface area contributed by atoms with Crippen LogP contribution in [0, 0.1) is 0 Å². The largest absolute Gasteiger partial charge is 0.378 e. The molecule has 33 heavy (non-hydrogen) atoms. The van der Waals surface area contributed by atoms with Crippen LogP contribution in [0.4, 0.5) is 11.6 Å². The molecule has 3 aromatic rings. The van der Waals surface area contributed by atoms with Gasteiger partial charge in [-0.3, -0.25) is 0 Å². The third kappa shape index (κ3) is 4.51. The summed E-state index contributed by atoms with van der Waals surface area (Å²) < 4.78 is 12.9. The number of anilines is 2. The van der Waals surface area contributed by atoms with E-state index in [9.17, 15) is 0 Å². The Morgan fingerprint density at radius 2 is 1.94 bits per heavy atom. The van der Waals surface area contributed by atoms with E-state index in [-0.39, 0.29) is 5.60 Å². The number of thiophene rings is 1. The van der Waals surface area contributed by atoms with Crippen molar-refractivity contribution in [2.75, 3.05) is 70.0 Å². The molecule has 1 N–H and O–H groups in total. The lowest BCUT2D eigenvalue weighted by molar-refractivity contribution is -0.0396. The lowest BCUT2D eigenvalue weighted by Crippen LogP contribution is -2.39. The quantitative estimate of drug-likeness (QED) is 0.413. The fourth-order valence-electron chi connectivity index (χ4n) is 4.48. The van der Waals surface area contributed by atoms with Crippen LogP contribution in [0.3, 0.4) is 0 Å². The second-order valence-corrected chi connectivity index (χ2v) is 11.2. The number of ether oxygens (including phenoxy) is 2. The molecule has 0 amide bonds. The summed E-state index contributed by atoms with van der Waals surface area (Å²) in [6.07, 6.45) is 2.87. The maximum atomic E-state index is 6.26. The minimum absolute atomic E-state index is 0.222. The molecule has 10 heteroatoms. The summed E-state index contributed by atoms with van der Waals surface area (Å²) in [7, 11) is 4.16. The summed E-state index contributed by atoms with van der Waals surface area (Å²) in [5, 5.41) is 5.51. The molecule has 5 heterocycles. The number of hydrogen-bond donors (Lipinski definition) is 1. The minimum atomic E-state index is -0.222. The van der Waals surface area contributed by atoms with Crippen LogP contribution in [0.25, 0.3) is 20.4 Å². The van der Waals surface area contributed by atoms with Crippen LogP contribution in [0.1, 0.15) is 25.0 Å². The molecule has 8 nitrogen and oxygen atoms in total. The van der Waals surface area contributed by atoms with Gasteiger partial charge in [0.15, 0.2) is 5.16 Å². The molecule has 0 spiro atoms. The minimum Gasteiger partial charge on any atom is -0.378 e. The van der Waals surface area contributed by atoms with E-state index in [1.54, 1.807) is 23.1 Å². The number of rotatable bonds is 6. The molecule has 1 fully saturated rings. The van der Waals surface area contributed by atoms with Gasteiger partial charge >= 0.3 is 0 Å². The second-order valence-electron chi connectivity index (χ2n) is 9.47. The van der Waals surface area contributed by atoms with Gasteiger partial charge in [0, 0.05) is 43.5 Å². The molecule has 3 aromatic heterocycles. The number of fused-ring (bicyclic) bond motifs is 5. The van der Waals surface area contributed by atoms with Crippen molar-refractivity contribution >= 4 is 55.2 Å². The Kier molecular flexibility index (Phi) is 6.39. The van der Waals surface area contributed by atoms with Gasteiger partial charge in [-0.1, -0.05) is 11.8 Å². The number of likely N-dealkylation sites (N-methyl/N-ethyl adjacent to an activating group) is 1. The number of aromatic nitrogens is 3. The molecule has 5 rings (SSSR count). The van der Waals surface area contributed by atoms with Crippen LogP contribution in [0.15, 0.2) is 5.16 Å². The fraction of sp³-hybridized carbons (Fsp3) is 0.609. The molecule has 0 radical (unpaired) electrons. The van der Waals surface area contributed by atoms with E-state index in [0.717, 1.165) is 77.7 Å². The molecule has 0 unspecified atom stereocenters. The first-order chi connectivity index (χ1) is 15.9. The molecule has 0 bridgehead atoms. The fourth-order valence-corrected chi connectivity index (χ4v) is 5.95. The number of nitrogens with one attached hydrogen (secondary N) is 1. The first-order valence-electron chi connectivity index (χ1n) is 11.4. The van der Waals surface area contributed by atoms with Gasteiger partial charge in [0.25, 0.3) is 0 Å². The van der Waals surface area contributed by atoms with Gasteiger partial charge in [0.05, 0.1) is 35.6 Å². The van der Waals surface area contributed by atoms with Crippen molar-refractivity contribution in [3.63, 3.8) is 0 Å². The van der Waals surface area contributed by atoms with Gasteiger partial charge < -0.3 is 24.6 Å². The molecule has 178 valence electrons. The van der Waals surface area contributed by atoms with Crippen LogP contribution in [-0.2, 0) is 22.5 Å². The number of hydrogen-bond acceptors (Lipinski definition) is 10. The number of pyridine rings is 1. The van der Waals surface area contributed by atoms with Gasteiger partial charge in [0.2, 0.25) is 0 Å².